The molecule has 0 aliphatic rings. The van der Waals surface area contributed by atoms with Gasteiger partial charge in [-0.25, -0.2) is 0 Å². The summed E-state index contributed by atoms with van der Waals surface area (Å²) in [6.07, 6.45) is 1.75. The minimum absolute atomic E-state index is 0.0101. The Morgan fingerprint density at radius 2 is 1.70 bits per heavy atom. The molecule has 0 aliphatic carbocycles. The molecule has 2 rings (SSSR count). The fourth-order valence-electron chi connectivity index (χ4n) is 3.13. The van der Waals surface area contributed by atoms with Gasteiger partial charge >= 0.3 is 0 Å². The third kappa shape index (κ3) is 6.24. The van der Waals surface area contributed by atoms with Crippen LogP contribution < -0.4 is 5.32 Å². The van der Waals surface area contributed by atoms with Gasteiger partial charge in [0.15, 0.2) is 0 Å². The van der Waals surface area contributed by atoms with Gasteiger partial charge in [-0.15, -0.1) is 0 Å². The molecule has 0 aromatic heterocycles. The molecular formula is C23H30N2O2. The number of carbonyl (C=O) groups is 2. The normalized spacial score (nSPS) is 11.7. The molecule has 0 aliphatic heterocycles. The summed E-state index contributed by atoms with van der Waals surface area (Å²) in [7, 11) is 0. The Labute approximate surface area is 162 Å². The molecule has 2 aromatic rings. The topological polar surface area (TPSA) is 49.4 Å². The number of aryl methyl sites for hydroxylation is 1. The van der Waals surface area contributed by atoms with E-state index in [1.54, 1.807) is 4.90 Å². The minimum Gasteiger partial charge on any atom is -0.354 e. The molecule has 0 bridgehead atoms. The van der Waals surface area contributed by atoms with Gasteiger partial charge < -0.3 is 10.2 Å². The Kier molecular flexibility index (Phi) is 8.05. The van der Waals surface area contributed by atoms with Crippen molar-refractivity contribution < 1.29 is 9.59 Å². The third-order valence-corrected chi connectivity index (χ3v) is 4.56. The minimum atomic E-state index is -0.521. The summed E-state index contributed by atoms with van der Waals surface area (Å²) in [4.78, 5) is 27.4. The average Bonchev–Trinajstić information content (AvgIpc) is 2.69. The Bertz CT molecular complexity index is 743. The highest BCUT2D eigenvalue weighted by Gasteiger charge is 2.29. The molecule has 144 valence electrons. The Morgan fingerprint density at radius 3 is 2.33 bits per heavy atom. The molecule has 4 heteroatoms. The molecule has 0 saturated heterocycles. The predicted molar refractivity (Wildman–Crippen MR) is 109 cm³/mol. The first kappa shape index (κ1) is 20.7. The average molecular weight is 367 g/mol. The number of nitrogens with one attached hydrogen (secondary N) is 1. The number of hydrogen-bond donors (Lipinski definition) is 1. The lowest BCUT2D eigenvalue weighted by molar-refractivity contribution is -0.141. The molecule has 0 fully saturated rings. The van der Waals surface area contributed by atoms with Crippen LogP contribution in [-0.2, 0) is 22.6 Å². The molecule has 0 saturated carbocycles. The molecule has 1 N–H and O–H groups in total. The number of benzene rings is 2. The second kappa shape index (κ2) is 10.5. The van der Waals surface area contributed by atoms with Crippen LogP contribution >= 0.6 is 0 Å². The van der Waals surface area contributed by atoms with Gasteiger partial charge in [0.1, 0.15) is 6.04 Å². The van der Waals surface area contributed by atoms with Crippen LogP contribution in [0.4, 0.5) is 0 Å². The van der Waals surface area contributed by atoms with Gasteiger partial charge in [-0.3, -0.25) is 9.59 Å². The van der Waals surface area contributed by atoms with E-state index in [9.17, 15) is 9.59 Å². The van der Waals surface area contributed by atoms with Crippen LogP contribution in [0.2, 0.25) is 0 Å². The lowest BCUT2D eigenvalue weighted by Crippen LogP contribution is -2.50. The summed E-state index contributed by atoms with van der Waals surface area (Å²) in [6, 6.07) is 17.5. The Morgan fingerprint density at radius 1 is 1.00 bits per heavy atom. The van der Waals surface area contributed by atoms with Gasteiger partial charge in [-0.2, -0.15) is 0 Å². The van der Waals surface area contributed by atoms with Crippen molar-refractivity contribution in [2.45, 2.75) is 52.6 Å². The van der Waals surface area contributed by atoms with Crippen LogP contribution in [0.1, 0.15) is 43.4 Å². The Balaban J connectivity index is 2.32. The summed E-state index contributed by atoms with van der Waals surface area (Å²) in [5.74, 6) is -0.0979. The molecule has 0 spiro atoms. The smallest absolute Gasteiger partial charge is 0.243 e. The van der Waals surface area contributed by atoms with E-state index in [1.165, 1.54) is 0 Å². The van der Waals surface area contributed by atoms with Crippen molar-refractivity contribution in [2.24, 2.45) is 0 Å². The second-order valence-corrected chi connectivity index (χ2v) is 6.86. The zero-order valence-corrected chi connectivity index (χ0v) is 16.6. The highest BCUT2D eigenvalue weighted by molar-refractivity contribution is 5.87. The number of rotatable bonds is 9. The molecule has 0 heterocycles. The molecule has 4 nitrogen and oxygen atoms in total. The maximum absolute atomic E-state index is 12.9. The number of carbonyl (C=O) groups excluding carboxylic acids is 2. The zero-order valence-electron chi connectivity index (χ0n) is 16.6. The van der Waals surface area contributed by atoms with Gasteiger partial charge in [-0.1, -0.05) is 74.0 Å². The van der Waals surface area contributed by atoms with Crippen LogP contribution in [0.15, 0.2) is 54.6 Å². The molecule has 27 heavy (non-hydrogen) atoms. The fraction of sp³-hybridized carbons (Fsp3) is 0.391. The number of nitrogens with zero attached hydrogens (tertiary/aromatic N) is 1. The monoisotopic (exact) mass is 366 g/mol. The number of hydrogen-bond acceptors (Lipinski definition) is 2. The quantitative estimate of drug-likeness (QED) is 0.732. The maximum Gasteiger partial charge on any atom is 0.243 e. The van der Waals surface area contributed by atoms with E-state index in [1.807, 2.05) is 69.3 Å². The lowest BCUT2D eigenvalue weighted by Gasteiger charge is -2.31. The standard InChI is InChI=1S/C23H30N2O2/c1-4-14-24-23(27)21(16-19-11-7-6-8-12-19)25(22(26)5-2)17-20-13-9-10-18(3)15-20/h6-13,15,21H,4-5,14,16-17H2,1-3H3,(H,24,27)/t21-/m1/s1. The number of amides is 2. The van der Waals surface area contributed by atoms with Gasteiger partial charge in [0.2, 0.25) is 11.8 Å². The van der Waals surface area contributed by atoms with E-state index in [0.29, 0.717) is 25.9 Å². The van der Waals surface area contributed by atoms with Crippen molar-refractivity contribution in [3.8, 4) is 0 Å². The van der Waals surface area contributed by atoms with Crippen molar-refractivity contribution in [1.82, 2.24) is 10.2 Å². The third-order valence-electron chi connectivity index (χ3n) is 4.56. The fourth-order valence-corrected chi connectivity index (χ4v) is 3.13. The summed E-state index contributed by atoms with van der Waals surface area (Å²) in [6.45, 7) is 6.95. The van der Waals surface area contributed by atoms with Crippen molar-refractivity contribution in [3.05, 3.63) is 71.3 Å². The summed E-state index contributed by atoms with van der Waals surface area (Å²) >= 11 is 0. The first-order valence-electron chi connectivity index (χ1n) is 9.71. The first-order chi connectivity index (χ1) is 13.0. The molecule has 2 amide bonds. The highest BCUT2D eigenvalue weighted by Crippen LogP contribution is 2.16. The maximum atomic E-state index is 12.9. The summed E-state index contributed by atoms with van der Waals surface area (Å²) in [5.41, 5.74) is 3.23. The highest BCUT2D eigenvalue weighted by atomic mass is 16.2. The summed E-state index contributed by atoms with van der Waals surface area (Å²) in [5, 5.41) is 2.98. The van der Waals surface area contributed by atoms with Crippen molar-refractivity contribution in [2.75, 3.05) is 6.54 Å². The molecule has 0 radical (unpaired) electrons. The van der Waals surface area contributed by atoms with Gasteiger partial charge in [-0.05, 0) is 24.5 Å². The molecule has 0 unspecified atom stereocenters. The van der Waals surface area contributed by atoms with Crippen LogP contribution in [-0.4, -0.2) is 29.3 Å². The van der Waals surface area contributed by atoms with E-state index in [0.717, 1.165) is 23.1 Å². The lowest BCUT2D eigenvalue weighted by atomic mass is 10.0. The van der Waals surface area contributed by atoms with Crippen LogP contribution in [0, 0.1) is 6.92 Å². The van der Waals surface area contributed by atoms with Crippen LogP contribution in [0.25, 0.3) is 0 Å². The second-order valence-electron chi connectivity index (χ2n) is 6.86. The molecular weight excluding hydrogens is 336 g/mol. The van der Waals surface area contributed by atoms with E-state index in [-0.39, 0.29) is 11.8 Å². The SMILES string of the molecule is CCCNC(=O)[C@@H](Cc1ccccc1)N(Cc1cccc(C)c1)C(=O)CC. The zero-order chi connectivity index (χ0) is 19.6. The van der Waals surface area contributed by atoms with Gasteiger partial charge in [0, 0.05) is 25.9 Å². The van der Waals surface area contributed by atoms with Crippen molar-refractivity contribution in [1.29, 1.82) is 0 Å². The van der Waals surface area contributed by atoms with Gasteiger partial charge in [0.05, 0.1) is 0 Å². The van der Waals surface area contributed by atoms with E-state index in [2.05, 4.69) is 11.4 Å². The largest absolute Gasteiger partial charge is 0.354 e. The summed E-state index contributed by atoms with van der Waals surface area (Å²) < 4.78 is 0. The van der Waals surface area contributed by atoms with E-state index >= 15 is 0 Å². The van der Waals surface area contributed by atoms with Crippen LogP contribution in [0.5, 0.6) is 0 Å². The van der Waals surface area contributed by atoms with E-state index in [4.69, 9.17) is 0 Å². The van der Waals surface area contributed by atoms with E-state index < -0.39 is 6.04 Å². The predicted octanol–water partition coefficient (Wildman–Crippen LogP) is 3.87. The van der Waals surface area contributed by atoms with Crippen LogP contribution in [0.3, 0.4) is 0 Å². The van der Waals surface area contributed by atoms with Gasteiger partial charge in [0.25, 0.3) is 0 Å². The Hall–Kier alpha value is -2.62. The van der Waals surface area contributed by atoms with Crippen molar-refractivity contribution >= 4 is 11.8 Å². The molecule has 1 atom stereocenters. The van der Waals surface area contributed by atoms with Crippen molar-refractivity contribution in [3.63, 3.8) is 0 Å². The molecule has 2 aromatic carbocycles. The first-order valence-corrected chi connectivity index (χ1v) is 9.71.